The van der Waals surface area contributed by atoms with Crippen molar-refractivity contribution in [2.24, 2.45) is 0 Å². The normalized spacial score (nSPS) is 10.5. The first kappa shape index (κ1) is 39.1. The predicted molar refractivity (Wildman–Crippen MR) is 243 cm³/mol. The molecule has 0 aliphatic heterocycles. The van der Waals surface area contributed by atoms with Crippen molar-refractivity contribution in [2.75, 3.05) is 0 Å². The Balaban J connectivity index is 0.000000176. The van der Waals surface area contributed by atoms with Crippen LogP contribution in [0.15, 0.2) is 185 Å². The highest BCUT2D eigenvalue weighted by molar-refractivity contribution is 9.11. The molecule has 0 saturated heterocycles. The zero-order valence-electron chi connectivity index (χ0n) is 28.2. The van der Waals surface area contributed by atoms with Gasteiger partial charge in [-0.3, -0.25) is 0 Å². The Morgan fingerprint density at radius 3 is 1.37 bits per heavy atom. The first-order valence-electron chi connectivity index (χ1n) is 16.8. The molecule has 0 saturated carbocycles. The summed E-state index contributed by atoms with van der Waals surface area (Å²) in [4.78, 5) is 0. The van der Waals surface area contributed by atoms with E-state index in [1.54, 1.807) is 24.3 Å². The molecule has 0 amide bonds. The molecule has 9 aromatic carbocycles. The molecule has 9 rings (SSSR count). The van der Waals surface area contributed by atoms with E-state index in [-0.39, 0.29) is 8.85 Å². The third kappa shape index (κ3) is 8.68. The number of benzene rings is 9. The summed E-state index contributed by atoms with van der Waals surface area (Å²) in [5.74, 6) is 0.523. The topological polar surface area (TPSA) is 29.5 Å². The second-order valence-electron chi connectivity index (χ2n) is 12.2. The molecule has 0 bridgehead atoms. The Hall–Kier alpha value is -4.62. The van der Waals surface area contributed by atoms with Crippen LogP contribution in [-0.4, -0.2) is 12.7 Å². The van der Waals surface area contributed by atoms with Crippen molar-refractivity contribution < 1.29 is 11.1 Å². The maximum atomic E-state index is 8.22. The molecule has 0 unspecified atom stereocenters. The van der Waals surface area contributed by atoms with E-state index in [0.29, 0.717) is 18.5 Å². The van der Waals surface area contributed by atoms with E-state index in [0.717, 1.165) is 19.5 Å². The van der Waals surface area contributed by atoms with Crippen LogP contribution in [0.3, 0.4) is 0 Å². The standard InChI is InChI=1S/C26H17Cl.C14H8Br2.C6H5BClO2.CH4.H2/c27-20-10-4-9-19(17-20)22-12-6-14-24-23-13-5-11-21(18-7-2-1-3-8-18)25(23)15-16-26(22)24;15-13-5-1-3-9-10-4-2-6-14(16)12(10)8-7-11(9)13;8-5-2-1-3-6(4-5)10-7-9;;/h1-17H;1-8H;1-4,9H;1H4;1H/i;;;;1+1. The Bertz CT molecular complexity index is 2650. The van der Waals surface area contributed by atoms with Crippen molar-refractivity contribution >= 4 is 106 Å². The zero-order valence-corrected chi connectivity index (χ0v) is 32.9. The van der Waals surface area contributed by atoms with Crippen LogP contribution < -0.4 is 4.65 Å². The number of hydrogen-bond donors (Lipinski definition) is 1. The highest BCUT2D eigenvalue weighted by Crippen LogP contribution is 2.38. The highest BCUT2D eigenvalue weighted by Gasteiger charge is 2.10. The van der Waals surface area contributed by atoms with Gasteiger partial charge in [-0.05, 0) is 108 Å². The molecule has 0 aromatic heterocycles. The molecular weight excluding hydrogens is 838 g/mol. The Morgan fingerprint density at radius 2 is 0.852 bits per heavy atom. The van der Waals surface area contributed by atoms with Crippen LogP contribution in [0.25, 0.3) is 65.3 Å². The van der Waals surface area contributed by atoms with Crippen LogP contribution in [0, 0.1) is 0 Å². The van der Waals surface area contributed by atoms with Crippen LogP contribution in [0.1, 0.15) is 8.85 Å². The fourth-order valence-corrected chi connectivity index (χ4v) is 7.92. The molecule has 0 aliphatic rings. The Morgan fingerprint density at radius 1 is 0.426 bits per heavy atom. The quantitative estimate of drug-likeness (QED) is 0.141. The van der Waals surface area contributed by atoms with Gasteiger partial charge in [-0.15, -0.1) is 0 Å². The lowest BCUT2D eigenvalue weighted by atomic mass is 9.91. The molecule has 1 radical (unpaired) electrons. The van der Waals surface area contributed by atoms with Gasteiger partial charge in [0.05, 0.1) is 0 Å². The summed E-state index contributed by atoms with van der Waals surface area (Å²) in [6, 6.07) is 59.9. The molecule has 54 heavy (non-hydrogen) atoms. The minimum Gasteiger partial charge on any atom is -0.537 e. The van der Waals surface area contributed by atoms with Crippen molar-refractivity contribution in [1.82, 2.24) is 0 Å². The van der Waals surface area contributed by atoms with Gasteiger partial charge in [-0.1, -0.05) is 196 Å². The van der Waals surface area contributed by atoms with Crippen LogP contribution in [-0.2, 0) is 0 Å². The number of fused-ring (bicyclic) bond motifs is 6. The highest BCUT2D eigenvalue weighted by atomic mass is 79.9. The van der Waals surface area contributed by atoms with Crippen LogP contribution >= 0.6 is 55.1 Å². The van der Waals surface area contributed by atoms with E-state index in [2.05, 4.69) is 170 Å². The monoisotopic (exact) mass is 872 g/mol. The maximum Gasteiger partial charge on any atom is 0.569 e. The van der Waals surface area contributed by atoms with Gasteiger partial charge in [0.15, 0.2) is 0 Å². The average molecular weight is 875 g/mol. The van der Waals surface area contributed by atoms with Gasteiger partial charge in [0.2, 0.25) is 0 Å². The molecule has 1 N–H and O–H groups in total. The summed E-state index contributed by atoms with van der Waals surface area (Å²) in [7, 11) is 0.617. The van der Waals surface area contributed by atoms with E-state index in [9.17, 15) is 0 Å². The van der Waals surface area contributed by atoms with E-state index in [1.807, 2.05) is 18.2 Å². The number of halogens is 4. The zero-order chi connectivity index (χ0) is 36.7. The van der Waals surface area contributed by atoms with E-state index in [1.165, 1.54) is 59.8 Å². The molecular formula is C47H36BBr2Cl2O2. The summed E-state index contributed by atoms with van der Waals surface area (Å²) in [5.41, 5.74) is 4.87. The van der Waals surface area contributed by atoms with Crippen molar-refractivity contribution in [3.63, 3.8) is 0 Å². The molecule has 2 nitrogen and oxygen atoms in total. The minimum absolute atomic E-state index is 0. The summed E-state index contributed by atoms with van der Waals surface area (Å²) in [6.07, 6.45) is 0. The fraction of sp³-hybridized carbons (Fsp3) is 0.0213. The molecule has 0 heterocycles. The summed E-state index contributed by atoms with van der Waals surface area (Å²) < 4.78 is 6.92. The number of rotatable bonds is 4. The molecule has 9 aromatic rings. The van der Waals surface area contributed by atoms with Crippen LogP contribution in [0.5, 0.6) is 5.75 Å². The lowest BCUT2D eigenvalue weighted by Gasteiger charge is -2.12. The van der Waals surface area contributed by atoms with Gasteiger partial charge >= 0.3 is 7.69 Å². The lowest BCUT2D eigenvalue weighted by molar-refractivity contribution is 0.454. The maximum absolute atomic E-state index is 8.22. The fourth-order valence-electron chi connectivity index (χ4n) is 6.55. The first-order chi connectivity index (χ1) is 25.9. The number of hydrogen-bond acceptors (Lipinski definition) is 2. The molecule has 267 valence electrons. The van der Waals surface area contributed by atoms with Crippen molar-refractivity contribution in [2.45, 2.75) is 7.43 Å². The second-order valence-corrected chi connectivity index (χ2v) is 14.7. The van der Waals surface area contributed by atoms with Gasteiger partial charge in [-0.25, -0.2) is 0 Å². The largest absolute Gasteiger partial charge is 0.569 e. The molecule has 0 aliphatic carbocycles. The Kier molecular flexibility index (Phi) is 13.1. The molecule has 0 atom stereocenters. The smallest absolute Gasteiger partial charge is 0.537 e. The van der Waals surface area contributed by atoms with Crippen molar-refractivity contribution in [3.05, 3.63) is 195 Å². The van der Waals surface area contributed by atoms with Gasteiger partial charge in [0, 0.05) is 20.4 Å². The summed E-state index contributed by atoms with van der Waals surface area (Å²) >= 11 is 19.0. The molecule has 0 spiro atoms. The van der Waals surface area contributed by atoms with Gasteiger partial charge in [0.25, 0.3) is 0 Å². The van der Waals surface area contributed by atoms with Crippen LogP contribution in [0.2, 0.25) is 10.0 Å². The predicted octanol–water partition coefficient (Wildman–Crippen LogP) is 15.6. The van der Waals surface area contributed by atoms with Gasteiger partial charge < -0.3 is 9.68 Å². The molecule has 0 fully saturated rings. The van der Waals surface area contributed by atoms with E-state index >= 15 is 0 Å². The lowest BCUT2D eigenvalue weighted by Crippen LogP contribution is -1.98. The van der Waals surface area contributed by atoms with Crippen LogP contribution in [0.4, 0.5) is 0 Å². The SMILES string of the molecule is Brc1cccc2c1ccc1c(Br)cccc12.C.Clc1cccc(-c2cccc3c2ccc2c(-c4ccccc4)cccc23)c1.O[B]Oc1cccc(Cl)c1.[2HH]. The third-order valence-corrected chi connectivity index (χ3v) is 10.8. The second kappa shape index (κ2) is 18.1. The van der Waals surface area contributed by atoms with E-state index in [4.69, 9.17) is 28.2 Å². The van der Waals surface area contributed by atoms with Gasteiger partial charge in [-0.2, -0.15) is 0 Å². The Labute approximate surface area is 345 Å². The minimum atomic E-state index is 0. The molecule has 7 heteroatoms. The van der Waals surface area contributed by atoms with Crippen molar-refractivity contribution in [3.8, 4) is 28.0 Å². The average Bonchev–Trinajstić information content (AvgIpc) is 3.18. The van der Waals surface area contributed by atoms with Crippen molar-refractivity contribution in [1.29, 1.82) is 0 Å². The summed E-state index contributed by atoms with van der Waals surface area (Å²) in [6.45, 7) is 0. The summed E-state index contributed by atoms with van der Waals surface area (Å²) in [5, 5.41) is 19.7. The van der Waals surface area contributed by atoms with Gasteiger partial charge in [0.1, 0.15) is 5.75 Å². The first-order valence-corrected chi connectivity index (χ1v) is 19.1. The van der Waals surface area contributed by atoms with E-state index < -0.39 is 0 Å². The third-order valence-electron chi connectivity index (χ3n) is 8.94.